The zero-order valence-electron chi connectivity index (χ0n) is 7.13. The lowest BCUT2D eigenvalue weighted by atomic mass is 10.3. The van der Waals surface area contributed by atoms with E-state index >= 15 is 0 Å². The Bertz CT molecular complexity index is 261. The maximum atomic E-state index is 13.0. The predicted octanol–water partition coefficient (Wildman–Crippen LogP) is 2.23. The van der Waals surface area contributed by atoms with Crippen molar-refractivity contribution in [2.75, 3.05) is 13.7 Å². The Labute approximate surface area is 70.9 Å². The zero-order chi connectivity index (χ0) is 8.97. The van der Waals surface area contributed by atoms with Gasteiger partial charge in [-0.3, -0.25) is 0 Å². The van der Waals surface area contributed by atoms with Gasteiger partial charge in [-0.2, -0.15) is 0 Å². The van der Waals surface area contributed by atoms with E-state index in [4.69, 9.17) is 9.47 Å². The SMILES string of the molecule is CCOc1ccc(OC)cc1F. The molecule has 1 aromatic carbocycles. The summed E-state index contributed by atoms with van der Waals surface area (Å²) < 4.78 is 22.9. The Morgan fingerprint density at radius 1 is 1.42 bits per heavy atom. The third-order valence-electron chi connectivity index (χ3n) is 1.44. The predicted molar refractivity (Wildman–Crippen MR) is 44.1 cm³/mol. The lowest BCUT2D eigenvalue weighted by Crippen LogP contribution is -1.94. The second kappa shape index (κ2) is 3.95. The topological polar surface area (TPSA) is 18.5 Å². The van der Waals surface area contributed by atoms with Crippen molar-refractivity contribution in [2.24, 2.45) is 0 Å². The summed E-state index contributed by atoms with van der Waals surface area (Å²) in [6.45, 7) is 2.27. The Kier molecular flexibility index (Phi) is 2.91. The van der Waals surface area contributed by atoms with Gasteiger partial charge in [-0.05, 0) is 19.1 Å². The molecule has 0 aromatic heterocycles. The van der Waals surface area contributed by atoms with Crippen molar-refractivity contribution in [3.05, 3.63) is 24.0 Å². The quantitative estimate of drug-likeness (QED) is 0.692. The molecule has 0 atom stereocenters. The molecule has 0 aliphatic heterocycles. The smallest absolute Gasteiger partial charge is 0.168 e. The fourth-order valence-corrected chi connectivity index (χ4v) is 0.881. The molecule has 1 aromatic rings. The second-order valence-corrected chi connectivity index (χ2v) is 2.23. The first-order valence-corrected chi connectivity index (χ1v) is 3.74. The number of rotatable bonds is 3. The maximum Gasteiger partial charge on any atom is 0.168 e. The molecular formula is C9H11FO2. The summed E-state index contributed by atoms with van der Waals surface area (Å²) in [6, 6.07) is 4.51. The van der Waals surface area contributed by atoms with E-state index in [1.54, 1.807) is 12.1 Å². The largest absolute Gasteiger partial charge is 0.497 e. The van der Waals surface area contributed by atoms with Crippen LogP contribution in [0.15, 0.2) is 18.2 Å². The Hall–Kier alpha value is -1.25. The van der Waals surface area contributed by atoms with Gasteiger partial charge in [0, 0.05) is 6.07 Å². The van der Waals surface area contributed by atoms with Crippen LogP contribution in [0.2, 0.25) is 0 Å². The summed E-state index contributed by atoms with van der Waals surface area (Å²) in [5, 5.41) is 0. The average Bonchev–Trinajstić information content (AvgIpc) is 2.09. The van der Waals surface area contributed by atoms with Gasteiger partial charge in [0.15, 0.2) is 11.6 Å². The summed E-state index contributed by atoms with van der Waals surface area (Å²) in [6.07, 6.45) is 0. The minimum atomic E-state index is -0.392. The fraction of sp³-hybridized carbons (Fsp3) is 0.333. The number of halogens is 1. The molecule has 0 radical (unpaired) electrons. The van der Waals surface area contributed by atoms with Crippen LogP contribution in [0.3, 0.4) is 0 Å². The molecule has 66 valence electrons. The maximum absolute atomic E-state index is 13.0. The molecule has 0 unspecified atom stereocenters. The summed E-state index contributed by atoms with van der Waals surface area (Å²) >= 11 is 0. The first-order valence-electron chi connectivity index (χ1n) is 3.74. The summed E-state index contributed by atoms with van der Waals surface area (Å²) in [5.41, 5.74) is 0. The van der Waals surface area contributed by atoms with E-state index in [-0.39, 0.29) is 5.75 Å². The molecule has 0 amide bonds. The first kappa shape index (κ1) is 8.84. The highest BCUT2D eigenvalue weighted by atomic mass is 19.1. The molecular weight excluding hydrogens is 159 g/mol. The van der Waals surface area contributed by atoms with Gasteiger partial charge in [0.25, 0.3) is 0 Å². The third kappa shape index (κ3) is 1.87. The van der Waals surface area contributed by atoms with Crippen LogP contribution in [0.25, 0.3) is 0 Å². The number of benzene rings is 1. The Morgan fingerprint density at radius 3 is 2.67 bits per heavy atom. The molecule has 0 heterocycles. The lowest BCUT2D eigenvalue weighted by Gasteiger charge is -2.05. The number of hydrogen-bond acceptors (Lipinski definition) is 2. The first-order chi connectivity index (χ1) is 5.77. The molecule has 0 aliphatic carbocycles. The minimum Gasteiger partial charge on any atom is -0.497 e. The van der Waals surface area contributed by atoms with Crippen molar-refractivity contribution in [3.8, 4) is 11.5 Å². The number of methoxy groups -OCH3 is 1. The molecule has 0 fully saturated rings. The van der Waals surface area contributed by atoms with Crippen LogP contribution in [0.5, 0.6) is 11.5 Å². The molecule has 0 aliphatic rings. The fourth-order valence-electron chi connectivity index (χ4n) is 0.881. The highest BCUT2D eigenvalue weighted by Crippen LogP contribution is 2.21. The van der Waals surface area contributed by atoms with Gasteiger partial charge in [-0.1, -0.05) is 0 Å². The van der Waals surface area contributed by atoms with Crippen LogP contribution in [0.4, 0.5) is 4.39 Å². The van der Waals surface area contributed by atoms with E-state index in [1.165, 1.54) is 13.2 Å². The van der Waals surface area contributed by atoms with Crippen molar-refractivity contribution < 1.29 is 13.9 Å². The average molecular weight is 170 g/mol. The summed E-state index contributed by atoms with van der Waals surface area (Å²) in [7, 11) is 1.50. The Balaban J connectivity index is 2.87. The molecule has 0 bridgehead atoms. The van der Waals surface area contributed by atoms with Crippen LogP contribution in [0, 0.1) is 5.82 Å². The van der Waals surface area contributed by atoms with Crippen molar-refractivity contribution in [2.45, 2.75) is 6.92 Å². The molecule has 0 spiro atoms. The van der Waals surface area contributed by atoms with Gasteiger partial charge in [0.1, 0.15) is 5.75 Å². The third-order valence-corrected chi connectivity index (χ3v) is 1.44. The zero-order valence-corrected chi connectivity index (χ0v) is 7.13. The molecule has 1 rings (SSSR count). The van der Waals surface area contributed by atoms with E-state index in [1.807, 2.05) is 6.92 Å². The van der Waals surface area contributed by atoms with Crippen molar-refractivity contribution in [3.63, 3.8) is 0 Å². The van der Waals surface area contributed by atoms with E-state index in [9.17, 15) is 4.39 Å². The highest BCUT2D eigenvalue weighted by molar-refractivity contribution is 5.32. The second-order valence-electron chi connectivity index (χ2n) is 2.23. The van der Waals surface area contributed by atoms with Crippen molar-refractivity contribution >= 4 is 0 Å². The lowest BCUT2D eigenvalue weighted by molar-refractivity contribution is 0.319. The molecule has 2 nitrogen and oxygen atoms in total. The van der Waals surface area contributed by atoms with E-state index in [0.717, 1.165) is 0 Å². The van der Waals surface area contributed by atoms with Crippen molar-refractivity contribution in [1.82, 2.24) is 0 Å². The molecule has 0 saturated heterocycles. The van der Waals surface area contributed by atoms with E-state index < -0.39 is 5.82 Å². The summed E-state index contributed by atoms with van der Waals surface area (Å²) in [4.78, 5) is 0. The standard InChI is InChI=1S/C9H11FO2/c1-3-12-9-5-4-7(11-2)6-8(9)10/h4-6H,3H2,1-2H3. The monoisotopic (exact) mass is 170 g/mol. The number of hydrogen-bond donors (Lipinski definition) is 0. The summed E-state index contributed by atoms with van der Waals surface area (Å²) in [5.74, 6) is 0.366. The van der Waals surface area contributed by atoms with Gasteiger partial charge in [0.05, 0.1) is 13.7 Å². The van der Waals surface area contributed by atoms with E-state index in [2.05, 4.69) is 0 Å². The molecule has 3 heteroatoms. The number of ether oxygens (including phenoxy) is 2. The van der Waals surface area contributed by atoms with Gasteiger partial charge in [0.2, 0.25) is 0 Å². The van der Waals surface area contributed by atoms with Crippen LogP contribution in [0.1, 0.15) is 6.92 Å². The minimum absolute atomic E-state index is 0.262. The van der Waals surface area contributed by atoms with Gasteiger partial charge < -0.3 is 9.47 Å². The van der Waals surface area contributed by atoms with Crippen LogP contribution >= 0.6 is 0 Å². The van der Waals surface area contributed by atoms with Gasteiger partial charge in [-0.25, -0.2) is 4.39 Å². The van der Waals surface area contributed by atoms with Gasteiger partial charge in [-0.15, -0.1) is 0 Å². The van der Waals surface area contributed by atoms with E-state index in [0.29, 0.717) is 12.4 Å². The Morgan fingerprint density at radius 2 is 2.17 bits per heavy atom. The van der Waals surface area contributed by atoms with Crippen LogP contribution in [-0.2, 0) is 0 Å². The van der Waals surface area contributed by atoms with Crippen LogP contribution < -0.4 is 9.47 Å². The van der Waals surface area contributed by atoms with Gasteiger partial charge >= 0.3 is 0 Å². The molecule has 0 saturated carbocycles. The molecule has 12 heavy (non-hydrogen) atoms. The van der Waals surface area contributed by atoms with Crippen molar-refractivity contribution in [1.29, 1.82) is 0 Å². The highest BCUT2D eigenvalue weighted by Gasteiger charge is 2.03. The van der Waals surface area contributed by atoms with Crippen LogP contribution in [-0.4, -0.2) is 13.7 Å². The normalized spacial score (nSPS) is 9.58. The molecule has 0 N–H and O–H groups in total.